The van der Waals surface area contributed by atoms with Crippen LogP contribution < -0.4 is 5.32 Å². The quantitative estimate of drug-likeness (QED) is 0.851. The van der Waals surface area contributed by atoms with Gasteiger partial charge in [-0.2, -0.15) is 0 Å². The predicted molar refractivity (Wildman–Crippen MR) is 71.7 cm³/mol. The van der Waals surface area contributed by atoms with Crippen LogP contribution >= 0.6 is 27.7 Å². The molecule has 1 heterocycles. The maximum Gasteiger partial charge on any atom is 0.161 e. The largest absolute Gasteiger partial charge is 0.334 e. The zero-order valence-corrected chi connectivity index (χ0v) is 11.2. The molecule has 1 aromatic rings. The lowest BCUT2D eigenvalue weighted by atomic mass is 10.3. The first-order valence-electron chi connectivity index (χ1n) is 5.08. The Morgan fingerprint density at radius 2 is 2.38 bits per heavy atom. The molecule has 0 radical (unpaired) electrons. The van der Waals surface area contributed by atoms with Gasteiger partial charge in [0.25, 0.3) is 0 Å². The van der Waals surface area contributed by atoms with Crippen LogP contribution in [-0.4, -0.2) is 17.0 Å². The zero-order chi connectivity index (χ0) is 11.5. The summed E-state index contributed by atoms with van der Waals surface area (Å²) in [6.45, 7) is 2.10. The molecule has 1 aliphatic rings. The van der Waals surface area contributed by atoms with Crippen molar-refractivity contribution in [3.05, 3.63) is 28.5 Å². The van der Waals surface area contributed by atoms with Crippen LogP contribution in [-0.2, 0) is 0 Å². The minimum atomic E-state index is -0.246. The lowest BCUT2D eigenvalue weighted by Gasteiger charge is -2.18. The lowest BCUT2D eigenvalue weighted by molar-refractivity contribution is 0.627. The van der Waals surface area contributed by atoms with Crippen molar-refractivity contribution in [2.75, 3.05) is 11.1 Å². The number of nitrogens with one attached hydrogen (secondary N) is 1. The number of halogens is 2. The average molecular weight is 303 g/mol. The van der Waals surface area contributed by atoms with Gasteiger partial charge < -0.3 is 5.32 Å². The van der Waals surface area contributed by atoms with E-state index < -0.39 is 0 Å². The number of aliphatic imine (C=N–C) groups is 1. The molecule has 0 fully saturated rings. The van der Waals surface area contributed by atoms with Crippen LogP contribution in [0.15, 0.2) is 27.7 Å². The molecule has 0 bridgehead atoms. The van der Waals surface area contributed by atoms with Crippen molar-refractivity contribution >= 4 is 38.5 Å². The second-order valence-corrected chi connectivity index (χ2v) is 5.61. The number of thioether (sulfide) groups is 1. The third-order valence-electron chi connectivity index (χ3n) is 2.28. The molecule has 1 unspecified atom stereocenters. The Bertz CT molecular complexity index is 422. The number of amidine groups is 1. The summed E-state index contributed by atoms with van der Waals surface area (Å²) in [5.41, 5.74) is 0.849. The molecule has 2 rings (SSSR count). The molecule has 86 valence electrons. The molecule has 1 N–H and O–H groups in total. The smallest absolute Gasteiger partial charge is 0.161 e. The van der Waals surface area contributed by atoms with E-state index in [1.807, 2.05) is 0 Å². The van der Waals surface area contributed by atoms with E-state index in [1.54, 1.807) is 17.8 Å². The predicted octanol–water partition coefficient (Wildman–Crippen LogP) is 3.88. The highest BCUT2D eigenvalue weighted by molar-refractivity contribution is 9.10. The standard InChI is InChI=1S/C11H12BrFN2S/c1-7-4-5-16-11(14-7)15-10-3-2-8(13)6-9(10)12/h2-3,6-7H,4-5H2,1H3,(H,14,15). The zero-order valence-electron chi connectivity index (χ0n) is 8.84. The Labute approximate surface area is 107 Å². The highest BCUT2D eigenvalue weighted by atomic mass is 79.9. The van der Waals surface area contributed by atoms with Gasteiger partial charge in [0.05, 0.1) is 11.7 Å². The molecule has 0 saturated heterocycles. The number of hydrogen-bond acceptors (Lipinski definition) is 3. The van der Waals surface area contributed by atoms with Crippen molar-refractivity contribution in [2.24, 2.45) is 4.99 Å². The van der Waals surface area contributed by atoms with Gasteiger partial charge in [0.1, 0.15) is 5.82 Å². The minimum absolute atomic E-state index is 0.246. The van der Waals surface area contributed by atoms with Crippen molar-refractivity contribution in [2.45, 2.75) is 19.4 Å². The SMILES string of the molecule is CC1CCSC(Nc2ccc(F)cc2Br)=N1. The minimum Gasteiger partial charge on any atom is -0.334 e. The summed E-state index contributed by atoms with van der Waals surface area (Å²) in [7, 11) is 0. The van der Waals surface area contributed by atoms with Crippen LogP contribution in [0.1, 0.15) is 13.3 Å². The van der Waals surface area contributed by atoms with Crippen molar-refractivity contribution in [3.8, 4) is 0 Å². The van der Waals surface area contributed by atoms with E-state index in [1.165, 1.54) is 12.1 Å². The number of hydrogen-bond donors (Lipinski definition) is 1. The average Bonchev–Trinajstić information content (AvgIpc) is 2.22. The van der Waals surface area contributed by atoms with E-state index in [2.05, 4.69) is 33.2 Å². The maximum atomic E-state index is 12.9. The first kappa shape index (κ1) is 11.9. The van der Waals surface area contributed by atoms with Gasteiger partial charge >= 0.3 is 0 Å². The Balaban J connectivity index is 2.14. The Morgan fingerprint density at radius 3 is 3.06 bits per heavy atom. The Hall–Kier alpha value is -0.550. The lowest BCUT2D eigenvalue weighted by Crippen LogP contribution is -2.18. The Morgan fingerprint density at radius 1 is 1.56 bits per heavy atom. The third kappa shape index (κ3) is 2.98. The molecule has 1 atom stereocenters. The van der Waals surface area contributed by atoms with Crippen molar-refractivity contribution in [1.82, 2.24) is 0 Å². The topological polar surface area (TPSA) is 24.4 Å². The molecule has 1 aromatic carbocycles. The fraction of sp³-hybridized carbons (Fsp3) is 0.364. The van der Waals surface area contributed by atoms with E-state index in [4.69, 9.17) is 0 Å². The molecule has 0 amide bonds. The van der Waals surface area contributed by atoms with Crippen molar-refractivity contribution in [3.63, 3.8) is 0 Å². The van der Waals surface area contributed by atoms with Crippen molar-refractivity contribution < 1.29 is 4.39 Å². The van der Waals surface area contributed by atoms with E-state index in [0.717, 1.165) is 23.0 Å². The summed E-state index contributed by atoms with van der Waals surface area (Å²) in [6.07, 6.45) is 1.11. The van der Waals surface area contributed by atoms with Gasteiger partial charge in [-0.25, -0.2) is 4.39 Å². The fourth-order valence-corrected chi connectivity index (χ4v) is 2.94. The van der Waals surface area contributed by atoms with Crippen LogP contribution in [0.4, 0.5) is 10.1 Å². The van der Waals surface area contributed by atoms with E-state index in [0.29, 0.717) is 10.5 Å². The number of benzene rings is 1. The monoisotopic (exact) mass is 302 g/mol. The van der Waals surface area contributed by atoms with Crippen molar-refractivity contribution in [1.29, 1.82) is 0 Å². The summed E-state index contributed by atoms with van der Waals surface area (Å²) < 4.78 is 13.6. The second kappa shape index (κ2) is 5.19. The fourth-order valence-electron chi connectivity index (χ4n) is 1.40. The highest BCUT2D eigenvalue weighted by Gasteiger charge is 2.12. The molecule has 0 aromatic heterocycles. The molecule has 5 heteroatoms. The first-order valence-corrected chi connectivity index (χ1v) is 6.85. The summed E-state index contributed by atoms with van der Waals surface area (Å²) >= 11 is 5.02. The van der Waals surface area contributed by atoms with Crippen LogP contribution in [0, 0.1) is 5.82 Å². The van der Waals surface area contributed by atoms with Gasteiger partial charge in [-0.05, 0) is 47.5 Å². The van der Waals surface area contributed by atoms with Gasteiger partial charge in [0.2, 0.25) is 0 Å². The maximum absolute atomic E-state index is 12.9. The van der Waals surface area contributed by atoms with Gasteiger partial charge in [0.15, 0.2) is 5.17 Å². The number of rotatable bonds is 1. The molecule has 0 aliphatic carbocycles. The van der Waals surface area contributed by atoms with Crippen LogP contribution in [0.25, 0.3) is 0 Å². The van der Waals surface area contributed by atoms with E-state index >= 15 is 0 Å². The summed E-state index contributed by atoms with van der Waals surface area (Å²) in [4.78, 5) is 4.49. The van der Waals surface area contributed by atoms with Gasteiger partial charge in [0, 0.05) is 10.2 Å². The van der Waals surface area contributed by atoms with Crippen LogP contribution in [0.2, 0.25) is 0 Å². The highest BCUT2D eigenvalue weighted by Crippen LogP contribution is 2.26. The third-order valence-corrected chi connectivity index (χ3v) is 3.86. The Kier molecular flexibility index (Phi) is 3.86. The normalized spacial score (nSPS) is 20.4. The molecule has 2 nitrogen and oxygen atoms in total. The number of nitrogens with zero attached hydrogens (tertiary/aromatic N) is 1. The second-order valence-electron chi connectivity index (χ2n) is 3.67. The number of anilines is 1. The van der Waals surface area contributed by atoms with Gasteiger partial charge in [-0.15, -0.1) is 0 Å². The molecule has 16 heavy (non-hydrogen) atoms. The van der Waals surface area contributed by atoms with E-state index in [9.17, 15) is 4.39 Å². The molecular formula is C11H12BrFN2S. The summed E-state index contributed by atoms with van der Waals surface area (Å²) in [5, 5.41) is 4.11. The first-order chi connectivity index (χ1) is 7.65. The van der Waals surface area contributed by atoms with E-state index in [-0.39, 0.29) is 5.82 Å². The van der Waals surface area contributed by atoms with Gasteiger partial charge in [-0.3, -0.25) is 4.99 Å². The van der Waals surface area contributed by atoms with Gasteiger partial charge in [-0.1, -0.05) is 11.8 Å². The summed E-state index contributed by atoms with van der Waals surface area (Å²) in [5.74, 6) is 0.829. The molecule has 0 spiro atoms. The molecule has 1 aliphatic heterocycles. The summed E-state index contributed by atoms with van der Waals surface area (Å²) in [6, 6.07) is 4.95. The molecule has 0 saturated carbocycles. The van der Waals surface area contributed by atoms with Crippen LogP contribution in [0.3, 0.4) is 0 Å². The molecular weight excluding hydrogens is 291 g/mol. The van der Waals surface area contributed by atoms with Crippen LogP contribution in [0.5, 0.6) is 0 Å².